The second-order valence-corrected chi connectivity index (χ2v) is 7.12. The predicted molar refractivity (Wildman–Crippen MR) is 90.3 cm³/mol. The maximum Gasteiger partial charge on any atom is 0.329 e. The molecule has 4 rings (SSSR count). The molecule has 3 saturated heterocycles. The summed E-state index contributed by atoms with van der Waals surface area (Å²) >= 11 is 0. The van der Waals surface area contributed by atoms with Crippen LogP contribution < -0.4 is 10.2 Å². The molecule has 1 aromatic carbocycles. The number of urea groups is 1. The van der Waals surface area contributed by atoms with Crippen LogP contribution in [-0.4, -0.2) is 55.6 Å². The monoisotopic (exact) mass is 343 g/mol. The zero-order valence-corrected chi connectivity index (χ0v) is 14.0. The third-order valence-electron chi connectivity index (χ3n) is 5.35. The second-order valence-electron chi connectivity index (χ2n) is 7.12. The number of benzene rings is 1. The van der Waals surface area contributed by atoms with Crippen LogP contribution in [0.3, 0.4) is 0 Å². The molecule has 1 atom stereocenters. The highest BCUT2D eigenvalue weighted by atomic mass is 16.5. The number of piperidine rings is 1. The van der Waals surface area contributed by atoms with Gasteiger partial charge in [0.2, 0.25) is 5.91 Å². The predicted octanol–water partition coefficient (Wildman–Crippen LogP) is 1.39. The van der Waals surface area contributed by atoms with Gasteiger partial charge in [0, 0.05) is 36.4 Å². The van der Waals surface area contributed by atoms with E-state index in [1.165, 1.54) is 4.90 Å². The smallest absolute Gasteiger partial charge is 0.329 e. The Hall–Kier alpha value is -2.41. The first-order valence-corrected chi connectivity index (χ1v) is 8.65. The average Bonchev–Trinajstić information content (AvgIpc) is 3.20. The Kier molecular flexibility index (Phi) is 3.95. The van der Waals surface area contributed by atoms with E-state index in [1.54, 1.807) is 24.3 Å². The molecular weight excluding hydrogens is 322 g/mol. The van der Waals surface area contributed by atoms with Gasteiger partial charge in [-0.3, -0.25) is 19.8 Å². The van der Waals surface area contributed by atoms with Crippen LogP contribution in [0.5, 0.6) is 0 Å². The number of rotatable bonds is 2. The second kappa shape index (κ2) is 6.15. The molecule has 4 amide bonds. The van der Waals surface area contributed by atoms with E-state index in [0.717, 1.165) is 45.6 Å². The maximum absolute atomic E-state index is 12.8. The lowest BCUT2D eigenvalue weighted by Gasteiger charge is -2.39. The van der Waals surface area contributed by atoms with E-state index in [4.69, 9.17) is 4.74 Å². The molecule has 7 nitrogen and oxygen atoms in total. The third-order valence-corrected chi connectivity index (χ3v) is 5.35. The number of amides is 4. The van der Waals surface area contributed by atoms with Gasteiger partial charge in [0.25, 0.3) is 5.91 Å². The molecule has 1 N–H and O–H groups in total. The Balaban J connectivity index is 1.47. The van der Waals surface area contributed by atoms with Crippen molar-refractivity contribution < 1.29 is 19.1 Å². The number of ether oxygens (including phenoxy) is 1. The fourth-order valence-corrected chi connectivity index (χ4v) is 3.97. The van der Waals surface area contributed by atoms with Crippen molar-refractivity contribution in [2.45, 2.75) is 19.3 Å². The van der Waals surface area contributed by atoms with Gasteiger partial charge in [-0.15, -0.1) is 0 Å². The highest BCUT2D eigenvalue weighted by molar-refractivity contribution is 6.12. The molecule has 1 aromatic rings. The highest BCUT2D eigenvalue weighted by Gasteiger charge is 2.40. The van der Waals surface area contributed by atoms with Crippen LogP contribution in [0.25, 0.3) is 0 Å². The van der Waals surface area contributed by atoms with Gasteiger partial charge in [-0.1, -0.05) is 0 Å². The Morgan fingerprint density at radius 1 is 1.16 bits per heavy atom. The van der Waals surface area contributed by atoms with Crippen molar-refractivity contribution in [3.8, 4) is 0 Å². The number of hydrogen-bond acceptors (Lipinski definition) is 4. The summed E-state index contributed by atoms with van der Waals surface area (Å²) in [6.07, 6.45) is 3.14. The molecule has 3 heterocycles. The number of carbonyl (C=O) groups is 3. The fraction of sp³-hybridized carbons (Fsp3) is 0.500. The molecule has 0 aromatic heterocycles. The molecule has 3 aliphatic heterocycles. The minimum Gasteiger partial charge on any atom is -0.381 e. The summed E-state index contributed by atoms with van der Waals surface area (Å²) in [4.78, 5) is 39.1. The van der Waals surface area contributed by atoms with Crippen LogP contribution in [-0.2, 0) is 9.53 Å². The normalized spacial score (nSPS) is 26.4. The van der Waals surface area contributed by atoms with E-state index < -0.39 is 6.03 Å². The minimum atomic E-state index is -0.428. The van der Waals surface area contributed by atoms with Crippen molar-refractivity contribution in [1.82, 2.24) is 10.2 Å². The third kappa shape index (κ3) is 3.00. The Morgan fingerprint density at radius 3 is 2.60 bits per heavy atom. The number of anilines is 1. The summed E-state index contributed by atoms with van der Waals surface area (Å²) in [5, 5.41) is 2.24. The molecule has 0 unspecified atom stereocenters. The molecule has 7 heteroatoms. The lowest BCUT2D eigenvalue weighted by atomic mass is 9.79. The van der Waals surface area contributed by atoms with Crippen molar-refractivity contribution in [3.63, 3.8) is 0 Å². The summed E-state index contributed by atoms with van der Waals surface area (Å²) in [7, 11) is 0. The molecule has 0 saturated carbocycles. The standard InChI is InChI=1S/C18H21N3O4/c22-15-10-21(17(24)19-15)14-4-2-13(3-5-14)16(23)20-8-1-6-18(11-20)7-9-25-12-18/h2-5H,1,6-12H2,(H,19,22,24)/t18-/m0/s1. The largest absolute Gasteiger partial charge is 0.381 e. The van der Waals surface area contributed by atoms with E-state index in [9.17, 15) is 14.4 Å². The van der Waals surface area contributed by atoms with Crippen LogP contribution in [0, 0.1) is 5.41 Å². The molecule has 3 aliphatic rings. The summed E-state index contributed by atoms with van der Waals surface area (Å²) in [6.45, 7) is 3.06. The molecule has 0 bridgehead atoms. The number of likely N-dealkylation sites (tertiary alicyclic amines) is 1. The van der Waals surface area contributed by atoms with E-state index in [2.05, 4.69) is 5.32 Å². The Bertz CT molecular complexity index is 710. The minimum absolute atomic E-state index is 0.0134. The van der Waals surface area contributed by atoms with Gasteiger partial charge in [-0.25, -0.2) is 4.79 Å². The lowest BCUT2D eigenvalue weighted by molar-refractivity contribution is -0.117. The molecule has 0 radical (unpaired) electrons. The van der Waals surface area contributed by atoms with E-state index in [1.807, 2.05) is 4.90 Å². The number of nitrogens with one attached hydrogen (secondary N) is 1. The van der Waals surface area contributed by atoms with Gasteiger partial charge in [0.15, 0.2) is 0 Å². The van der Waals surface area contributed by atoms with Gasteiger partial charge >= 0.3 is 6.03 Å². The average molecular weight is 343 g/mol. The zero-order chi connectivity index (χ0) is 17.4. The molecule has 0 aliphatic carbocycles. The van der Waals surface area contributed by atoms with Crippen LogP contribution >= 0.6 is 0 Å². The van der Waals surface area contributed by atoms with Crippen molar-refractivity contribution in [3.05, 3.63) is 29.8 Å². The van der Waals surface area contributed by atoms with Crippen LogP contribution in [0.1, 0.15) is 29.6 Å². The van der Waals surface area contributed by atoms with Crippen LogP contribution in [0.2, 0.25) is 0 Å². The van der Waals surface area contributed by atoms with Gasteiger partial charge in [0.05, 0.1) is 6.61 Å². The van der Waals surface area contributed by atoms with Crippen molar-refractivity contribution >= 4 is 23.5 Å². The summed E-state index contributed by atoms with van der Waals surface area (Å²) in [5.41, 5.74) is 1.34. The quantitative estimate of drug-likeness (QED) is 0.823. The lowest BCUT2D eigenvalue weighted by Crippen LogP contribution is -2.46. The number of hydrogen-bond donors (Lipinski definition) is 1. The summed E-state index contributed by atoms with van der Waals surface area (Å²) in [5.74, 6) is -0.304. The van der Waals surface area contributed by atoms with E-state index in [0.29, 0.717) is 11.3 Å². The molecule has 132 valence electrons. The van der Waals surface area contributed by atoms with Gasteiger partial charge < -0.3 is 9.64 Å². The number of imide groups is 1. The topological polar surface area (TPSA) is 79.0 Å². The summed E-state index contributed by atoms with van der Waals surface area (Å²) < 4.78 is 5.55. The molecule has 25 heavy (non-hydrogen) atoms. The van der Waals surface area contributed by atoms with Crippen LogP contribution in [0.4, 0.5) is 10.5 Å². The first-order valence-electron chi connectivity index (χ1n) is 8.65. The van der Waals surface area contributed by atoms with Gasteiger partial charge in [-0.05, 0) is 43.5 Å². The molecule has 1 spiro atoms. The zero-order valence-electron chi connectivity index (χ0n) is 14.0. The fourth-order valence-electron chi connectivity index (χ4n) is 3.97. The van der Waals surface area contributed by atoms with Crippen LogP contribution in [0.15, 0.2) is 24.3 Å². The first-order chi connectivity index (χ1) is 12.1. The van der Waals surface area contributed by atoms with Crippen molar-refractivity contribution in [2.24, 2.45) is 5.41 Å². The SMILES string of the molecule is O=C1CN(c2ccc(C(=O)N3CCC[C@]4(CCOC4)C3)cc2)C(=O)N1. The highest BCUT2D eigenvalue weighted by Crippen LogP contribution is 2.38. The van der Waals surface area contributed by atoms with Gasteiger partial charge in [0.1, 0.15) is 6.54 Å². The van der Waals surface area contributed by atoms with Crippen molar-refractivity contribution in [1.29, 1.82) is 0 Å². The molecule has 3 fully saturated rings. The Labute approximate surface area is 145 Å². The van der Waals surface area contributed by atoms with Crippen molar-refractivity contribution in [2.75, 3.05) is 37.7 Å². The number of carbonyl (C=O) groups excluding carboxylic acids is 3. The summed E-state index contributed by atoms with van der Waals surface area (Å²) in [6, 6.07) is 6.44. The Morgan fingerprint density at radius 2 is 1.96 bits per heavy atom. The maximum atomic E-state index is 12.8. The van der Waals surface area contributed by atoms with Gasteiger partial charge in [-0.2, -0.15) is 0 Å². The number of nitrogens with zero attached hydrogens (tertiary/aromatic N) is 2. The first kappa shape index (κ1) is 16.1. The molecular formula is C18H21N3O4. The van der Waals surface area contributed by atoms with E-state index in [-0.39, 0.29) is 23.8 Å². The van der Waals surface area contributed by atoms with E-state index >= 15 is 0 Å².